The van der Waals surface area contributed by atoms with E-state index in [1.807, 2.05) is 0 Å². The molecular formula is C8H8Cl4. The minimum absolute atomic E-state index is 0.370. The normalized spacial score (nSPS) is 57.0. The van der Waals surface area contributed by atoms with Gasteiger partial charge in [0, 0.05) is 11.8 Å². The molecule has 68 valence electrons. The number of halogens is 4. The molecule has 4 heteroatoms. The molecule has 0 bridgehead atoms. The number of alkyl halides is 4. The van der Waals surface area contributed by atoms with Crippen LogP contribution in [0.5, 0.6) is 0 Å². The molecule has 3 aliphatic carbocycles. The summed E-state index contributed by atoms with van der Waals surface area (Å²) in [5, 5.41) is 0. The Kier molecular flexibility index (Phi) is 1.45. The van der Waals surface area contributed by atoms with Crippen molar-refractivity contribution in [2.45, 2.75) is 21.5 Å². The first kappa shape index (κ1) is 8.47. The van der Waals surface area contributed by atoms with Gasteiger partial charge in [0.2, 0.25) is 0 Å². The van der Waals surface area contributed by atoms with Gasteiger partial charge in [-0.25, -0.2) is 0 Å². The van der Waals surface area contributed by atoms with Gasteiger partial charge in [0.1, 0.15) is 8.67 Å². The second kappa shape index (κ2) is 2.05. The Morgan fingerprint density at radius 1 is 0.750 bits per heavy atom. The summed E-state index contributed by atoms with van der Waals surface area (Å²) in [4.78, 5) is 0. The zero-order valence-corrected chi connectivity index (χ0v) is 9.26. The van der Waals surface area contributed by atoms with Gasteiger partial charge >= 0.3 is 0 Å². The van der Waals surface area contributed by atoms with E-state index >= 15 is 0 Å². The fourth-order valence-corrected chi connectivity index (χ4v) is 4.79. The Balaban J connectivity index is 1.90. The molecule has 3 fully saturated rings. The van der Waals surface area contributed by atoms with E-state index < -0.39 is 8.67 Å². The smallest absolute Gasteiger partial charge is 0.101 e. The molecule has 0 aromatic heterocycles. The molecule has 0 heterocycles. The van der Waals surface area contributed by atoms with Crippen LogP contribution in [0.3, 0.4) is 0 Å². The molecule has 0 unspecified atom stereocenters. The molecule has 3 saturated carbocycles. The second-order valence-electron chi connectivity index (χ2n) is 4.19. The topological polar surface area (TPSA) is 0 Å². The molecule has 0 amide bonds. The van der Waals surface area contributed by atoms with Crippen LogP contribution in [-0.4, -0.2) is 8.67 Å². The molecule has 0 radical (unpaired) electrons. The summed E-state index contributed by atoms with van der Waals surface area (Å²) in [6, 6.07) is 0. The van der Waals surface area contributed by atoms with E-state index in [0.29, 0.717) is 23.7 Å². The molecule has 4 atom stereocenters. The Bertz CT molecular complexity index is 221. The molecule has 12 heavy (non-hydrogen) atoms. The number of hydrogen-bond donors (Lipinski definition) is 0. The van der Waals surface area contributed by atoms with Crippen LogP contribution in [-0.2, 0) is 0 Å². The number of fused-ring (bicyclic) bond motifs is 3. The maximum atomic E-state index is 6.11. The second-order valence-corrected chi connectivity index (χ2v) is 7.08. The highest BCUT2D eigenvalue weighted by molar-refractivity contribution is 6.53. The summed E-state index contributed by atoms with van der Waals surface area (Å²) >= 11 is 24.4. The van der Waals surface area contributed by atoms with E-state index in [1.165, 1.54) is 0 Å². The van der Waals surface area contributed by atoms with Crippen molar-refractivity contribution in [2.75, 3.05) is 0 Å². The predicted octanol–water partition coefficient (Wildman–Crippen LogP) is 3.62. The molecule has 0 aliphatic heterocycles. The molecule has 0 spiro atoms. The van der Waals surface area contributed by atoms with Gasteiger partial charge in [-0.2, -0.15) is 0 Å². The highest BCUT2D eigenvalue weighted by Crippen LogP contribution is 2.80. The van der Waals surface area contributed by atoms with Crippen LogP contribution in [0, 0.1) is 23.7 Å². The third kappa shape index (κ3) is 0.791. The number of rotatable bonds is 0. The molecule has 0 aromatic rings. The average molecular weight is 246 g/mol. The van der Waals surface area contributed by atoms with Crippen LogP contribution in [0.15, 0.2) is 0 Å². The first-order chi connectivity index (χ1) is 5.47. The predicted molar refractivity (Wildman–Crippen MR) is 52.1 cm³/mol. The van der Waals surface area contributed by atoms with E-state index in [9.17, 15) is 0 Å². The molecule has 3 aliphatic rings. The average Bonchev–Trinajstić information content (AvgIpc) is 2.72. The molecule has 3 rings (SSSR count). The van der Waals surface area contributed by atoms with Crippen molar-refractivity contribution in [1.29, 1.82) is 0 Å². The lowest BCUT2D eigenvalue weighted by Gasteiger charge is -2.02. The molecule has 0 N–H and O–H groups in total. The quantitative estimate of drug-likeness (QED) is 0.572. The zero-order valence-electron chi connectivity index (χ0n) is 6.24. The molecule has 0 saturated heterocycles. The fourth-order valence-electron chi connectivity index (χ4n) is 2.92. The van der Waals surface area contributed by atoms with Gasteiger partial charge in [-0.05, 0) is 24.7 Å². The standard InChI is InChI=1S/C8H8Cl4/c9-7(10)3-1-2-4-6(5(3)7)8(4,11)12/h3-6H,1-2H2/t3-,4-,5-,6-/m0/s1. The van der Waals surface area contributed by atoms with Gasteiger partial charge in [0.15, 0.2) is 0 Å². The van der Waals surface area contributed by atoms with Crippen molar-refractivity contribution < 1.29 is 0 Å². The Labute approximate surface area is 91.5 Å². The first-order valence-electron chi connectivity index (χ1n) is 4.23. The van der Waals surface area contributed by atoms with Gasteiger partial charge in [0.25, 0.3) is 0 Å². The molecule has 0 nitrogen and oxygen atoms in total. The third-order valence-corrected chi connectivity index (χ3v) is 5.83. The third-order valence-electron chi connectivity index (χ3n) is 3.70. The SMILES string of the molecule is ClC1(Cl)[C@@H]2[C@@H]3[C@H](CC[C@@H]21)C3(Cl)Cl. The van der Waals surface area contributed by atoms with Crippen LogP contribution >= 0.6 is 46.4 Å². The lowest BCUT2D eigenvalue weighted by Crippen LogP contribution is -1.98. The maximum Gasteiger partial charge on any atom is 0.125 e. The summed E-state index contributed by atoms with van der Waals surface area (Å²) in [6.07, 6.45) is 2.19. The summed E-state index contributed by atoms with van der Waals surface area (Å²) < 4.78 is -1.02. The van der Waals surface area contributed by atoms with Crippen molar-refractivity contribution in [3.8, 4) is 0 Å². The Morgan fingerprint density at radius 2 is 1.08 bits per heavy atom. The van der Waals surface area contributed by atoms with Crippen molar-refractivity contribution in [3.63, 3.8) is 0 Å². The van der Waals surface area contributed by atoms with E-state index in [0.717, 1.165) is 12.8 Å². The summed E-state index contributed by atoms with van der Waals surface area (Å²) in [5.41, 5.74) is 0. The van der Waals surface area contributed by atoms with Crippen molar-refractivity contribution in [1.82, 2.24) is 0 Å². The highest BCUT2D eigenvalue weighted by Gasteiger charge is 2.80. The van der Waals surface area contributed by atoms with Crippen molar-refractivity contribution in [3.05, 3.63) is 0 Å². The van der Waals surface area contributed by atoms with Crippen molar-refractivity contribution in [2.24, 2.45) is 23.7 Å². The van der Waals surface area contributed by atoms with Gasteiger partial charge in [-0.3, -0.25) is 0 Å². The van der Waals surface area contributed by atoms with Crippen LogP contribution in [0.25, 0.3) is 0 Å². The highest BCUT2D eigenvalue weighted by atomic mass is 35.5. The summed E-state index contributed by atoms with van der Waals surface area (Å²) in [5.74, 6) is 1.66. The molecular weight excluding hydrogens is 238 g/mol. The Morgan fingerprint density at radius 3 is 1.42 bits per heavy atom. The van der Waals surface area contributed by atoms with E-state index in [1.54, 1.807) is 0 Å². The fraction of sp³-hybridized carbons (Fsp3) is 1.00. The first-order valence-corrected chi connectivity index (χ1v) is 5.74. The Hall–Kier alpha value is 1.16. The van der Waals surface area contributed by atoms with Crippen LogP contribution in [0.2, 0.25) is 0 Å². The van der Waals surface area contributed by atoms with Crippen molar-refractivity contribution >= 4 is 46.4 Å². The van der Waals surface area contributed by atoms with Crippen LogP contribution < -0.4 is 0 Å². The zero-order chi connectivity index (χ0) is 8.72. The van der Waals surface area contributed by atoms with Gasteiger partial charge in [0.05, 0.1) is 0 Å². The summed E-state index contributed by atoms with van der Waals surface area (Å²) in [7, 11) is 0. The largest absolute Gasteiger partial charge is 0.125 e. The van der Waals surface area contributed by atoms with Crippen LogP contribution in [0.1, 0.15) is 12.8 Å². The van der Waals surface area contributed by atoms with E-state index in [2.05, 4.69) is 0 Å². The van der Waals surface area contributed by atoms with Gasteiger partial charge < -0.3 is 0 Å². The van der Waals surface area contributed by atoms with E-state index in [4.69, 9.17) is 46.4 Å². The van der Waals surface area contributed by atoms with E-state index in [-0.39, 0.29) is 0 Å². The summed E-state index contributed by atoms with van der Waals surface area (Å²) in [6.45, 7) is 0. The van der Waals surface area contributed by atoms with Gasteiger partial charge in [-0.15, -0.1) is 46.4 Å². The minimum atomic E-state index is -0.509. The monoisotopic (exact) mass is 244 g/mol. The van der Waals surface area contributed by atoms with Gasteiger partial charge in [-0.1, -0.05) is 0 Å². The van der Waals surface area contributed by atoms with Crippen LogP contribution in [0.4, 0.5) is 0 Å². The molecule has 0 aromatic carbocycles. The maximum absolute atomic E-state index is 6.11. The number of hydrogen-bond acceptors (Lipinski definition) is 0. The minimum Gasteiger partial charge on any atom is -0.101 e. The lowest BCUT2D eigenvalue weighted by atomic mass is 10.0. The lowest BCUT2D eigenvalue weighted by molar-refractivity contribution is 0.456.